The first kappa shape index (κ1) is 22.1. The SMILES string of the molecule is COC(=O)CCc1c(C)nn(-c2ccc(C(=O)NCCOc3ccccc3)cc2)c1C. The van der Waals surface area contributed by atoms with Gasteiger partial charge in [-0.15, -0.1) is 0 Å². The smallest absolute Gasteiger partial charge is 0.305 e. The molecule has 0 saturated heterocycles. The summed E-state index contributed by atoms with van der Waals surface area (Å²) in [5.74, 6) is 0.378. The summed E-state index contributed by atoms with van der Waals surface area (Å²) in [6.45, 7) is 4.71. The number of hydrogen-bond acceptors (Lipinski definition) is 5. The molecular weight excluding hydrogens is 394 g/mol. The number of hydrogen-bond donors (Lipinski definition) is 1. The summed E-state index contributed by atoms with van der Waals surface area (Å²) < 4.78 is 12.1. The number of carbonyl (C=O) groups excluding carboxylic acids is 2. The molecule has 7 heteroatoms. The number of ether oxygens (including phenoxy) is 2. The van der Waals surface area contributed by atoms with Crippen LogP contribution in [-0.2, 0) is 16.0 Å². The normalized spacial score (nSPS) is 10.5. The molecule has 1 heterocycles. The standard InChI is InChI=1S/C24H27N3O4/c1-17-22(13-14-23(28)30-3)18(2)27(26-17)20-11-9-19(10-12-20)24(29)25-15-16-31-21-7-5-4-6-8-21/h4-12H,13-16H2,1-3H3,(H,25,29). The maximum Gasteiger partial charge on any atom is 0.305 e. The minimum absolute atomic E-state index is 0.157. The van der Waals surface area contributed by atoms with Gasteiger partial charge in [-0.25, -0.2) is 4.68 Å². The summed E-state index contributed by atoms with van der Waals surface area (Å²) in [6, 6.07) is 16.7. The Morgan fingerprint density at radius 1 is 1.03 bits per heavy atom. The topological polar surface area (TPSA) is 82.5 Å². The first-order valence-corrected chi connectivity index (χ1v) is 10.2. The minimum Gasteiger partial charge on any atom is -0.492 e. The molecule has 0 aliphatic rings. The lowest BCUT2D eigenvalue weighted by Gasteiger charge is -2.09. The number of carbonyl (C=O) groups is 2. The molecule has 1 amide bonds. The highest BCUT2D eigenvalue weighted by molar-refractivity contribution is 5.94. The van der Waals surface area contributed by atoms with Crippen molar-refractivity contribution in [2.75, 3.05) is 20.3 Å². The van der Waals surface area contributed by atoms with Crippen LogP contribution >= 0.6 is 0 Å². The van der Waals surface area contributed by atoms with Gasteiger partial charge in [0.05, 0.1) is 25.0 Å². The fourth-order valence-corrected chi connectivity index (χ4v) is 3.32. The summed E-state index contributed by atoms with van der Waals surface area (Å²) in [7, 11) is 1.39. The van der Waals surface area contributed by atoms with E-state index in [1.54, 1.807) is 12.1 Å². The molecule has 0 radical (unpaired) electrons. The number of nitrogens with one attached hydrogen (secondary N) is 1. The molecule has 0 bridgehead atoms. The number of aromatic nitrogens is 2. The quantitative estimate of drug-likeness (QED) is 0.423. The predicted octanol–water partition coefficient (Wildman–Crippen LogP) is 3.40. The minimum atomic E-state index is -0.240. The van der Waals surface area contributed by atoms with Crippen LogP contribution in [0.5, 0.6) is 5.75 Å². The number of nitrogens with zero attached hydrogens (tertiary/aromatic N) is 2. The monoisotopic (exact) mass is 421 g/mol. The Kier molecular flexibility index (Phi) is 7.43. The van der Waals surface area contributed by atoms with E-state index in [1.165, 1.54) is 7.11 Å². The van der Waals surface area contributed by atoms with Crippen LogP contribution in [-0.4, -0.2) is 41.9 Å². The van der Waals surface area contributed by atoms with Gasteiger partial charge >= 0.3 is 5.97 Å². The van der Waals surface area contributed by atoms with Gasteiger partial charge in [0, 0.05) is 17.7 Å². The highest BCUT2D eigenvalue weighted by Crippen LogP contribution is 2.20. The largest absolute Gasteiger partial charge is 0.492 e. The van der Waals surface area contributed by atoms with E-state index in [1.807, 2.05) is 61.0 Å². The number of benzene rings is 2. The lowest BCUT2D eigenvalue weighted by molar-refractivity contribution is -0.140. The van der Waals surface area contributed by atoms with Crippen LogP contribution in [0.3, 0.4) is 0 Å². The number of aryl methyl sites for hydroxylation is 1. The third kappa shape index (κ3) is 5.72. The van der Waals surface area contributed by atoms with Crippen molar-refractivity contribution < 1.29 is 19.1 Å². The molecule has 0 saturated carbocycles. The second-order valence-electron chi connectivity index (χ2n) is 7.10. The first-order valence-electron chi connectivity index (χ1n) is 10.2. The molecular formula is C24H27N3O4. The first-order chi connectivity index (χ1) is 15.0. The molecule has 3 aromatic rings. The summed E-state index contributed by atoms with van der Waals surface area (Å²) >= 11 is 0. The van der Waals surface area contributed by atoms with E-state index in [9.17, 15) is 9.59 Å². The van der Waals surface area contributed by atoms with E-state index in [0.29, 0.717) is 31.6 Å². The van der Waals surface area contributed by atoms with Gasteiger partial charge < -0.3 is 14.8 Å². The molecule has 0 unspecified atom stereocenters. The van der Waals surface area contributed by atoms with Crippen LogP contribution in [0.4, 0.5) is 0 Å². The van der Waals surface area contributed by atoms with Crippen LogP contribution in [0.2, 0.25) is 0 Å². The van der Waals surface area contributed by atoms with Gasteiger partial charge in [0.2, 0.25) is 0 Å². The van der Waals surface area contributed by atoms with Gasteiger partial charge in [-0.05, 0) is 62.2 Å². The van der Waals surface area contributed by atoms with Crippen molar-refractivity contribution in [2.45, 2.75) is 26.7 Å². The van der Waals surface area contributed by atoms with Gasteiger partial charge in [0.1, 0.15) is 12.4 Å². The van der Waals surface area contributed by atoms with Crippen molar-refractivity contribution in [3.05, 3.63) is 77.1 Å². The lowest BCUT2D eigenvalue weighted by atomic mass is 10.1. The van der Waals surface area contributed by atoms with Crippen molar-refractivity contribution in [1.82, 2.24) is 15.1 Å². The number of amides is 1. The molecule has 162 valence electrons. The highest BCUT2D eigenvalue weighted by Gasteiger charge is 2.15. The molecule has 0 aliphatic carbocycles. The fraction of sp³-hybridized carbons (Fsp3) is 0.292. The van der Waals surface area contributed by atoms with E-state index in [-0.39, 0.29) is 11.9 Å². The third-order valence-corrected chi connectivity index (χ3v) is 5.02. The molecule has 0 atom stereocenters. The number of para-hydroxylation sites is 1. The lowest BCUT2D eigenvalue weighted by Crippen LogP contribution is -2.28. The zero-order valence-electron chi connectivity index (χ0n) is 18.1. The van der Waals surface area contributed by atoms with Crippen molar-refractivity contribution >= 4 is 11.9 Å². The molecule has 31 heavy (non-hydrogen) atoms. The van der Waals surface area contributed by atoms with Crippen molar-refractivity contribution in [3.8, 4) is 11.4 Å². The average molecular weight is 421 g/mol. The highest BCUT2D eigenvalue weighted by atomic mass is 16.5. The van der Waals surface area contributed by atoms with Crippen LogP contribution in [0.15, 0.2) is 54.6 Å². The Balaban J connectivity index is 1.58. The Labute approximate surface area is 182 Å². The molecule has 1 aromatic heterocycles. The van der Waals surface area contributed by atoms with Crippen LogP contribution in [0, 0.1) is 13.8 Å². The third-order valence-electron chi connectivity index (χ3n) is 5.02. The molecule has 3 rings (SSSR count). The zero-order valence-corrected chi connectivity index (χ0v) is 18.1. The van der Waals surface area contributed by atoms with Crippen LogP contribution in [0.25, 0.3) is 5.69 Å². The summed E-state index contributed by atoms with van der Waals surface area (Å²) in [4.78, 5) is 23.8. The second kappa shape index (κ2) is 10.4. The maximum absolute atomic E-state index is 12.4. The maximum atomic E-state index is 12.4. The Hall–Kier alpha value is -3.61. The number of esters is 1. The summed E-state index contributed by atoms with van der Waals surface area (Å²) in [5, 5.41) is 7.45. The van der Waals surface area contributed by atoms with Gasteiger partial charge in [0.15, 0.2) is 0 Å². The van der Waals surface area contributed by atoms with Crippen LogP contribution < -0.4 is 10.1 Å². The van der Waals surface area contributed by atoms with E-state index in [4.69, 9.17) is 9.47 Å². The fourth-order valence-electron chi connectivity index (χ4n) is 3.32. The average Bonchev–Trinajstić information content (AvgIpc) is 3.08. The molecule has 0 fully saturated rings. The predicted molar refractivity (Wildman–Crippen MR) is 118 cm³/mol. The van der Waals surface area contributed by atoms with Crippen molar-refractivity contribution in [2.24, 2.45) is 0 Å². The summed E-state index contributed by atoms with van der Waals surface area (Å²) in [6.07, 6.45) is 0.896. The van der Waals surface area contributed by atoms with E-state index >= 15 is 0 Å². The molecule has 0 aliphatic heterocycles. The van der Waals surface area contributed by atoms with Crippen LogP contribution in [0.1, 0.15) is 33.7 Å². The molecule has 1 N–H and O–H groups in total. The number of methoxy groups -OCH3 is 1. The molecule has 0 spiro atoms. The van der Waals surface area contributed by atoms with Crippen molar-refractivity contribution in [1.29, 1.82) is 0 Å². The van der Waals surface area contributed by atoms with Gasteiger partial charge in [-0.1, -0.05) is 18.2 Å². The van der Waals surface area contributed by atoms with Gasteiger partial charge in [-0.2, -0.15) is 5.10 Å². The van der Waals surface area contributed by atoms with Gasteiger partial charge in [0.25, 0.3) is 5.91 Å². The second-order valence-corrected chi connectivity index (χ2v) is 7.10. The zero-order chi connectivity index (χ0) is 22.2. The van der Waals surface area contributed by atoms with E-state index in [0.717, 1.165) is 28.4 Å². The Bertz CT molecular complexity index is 1030. The Morgan fingerprint density at radius 2 is 1.74 bits per heavy atom. The van der Waals surface area contributed by atoms with Gasteiger partial charge in [-0.3, -0.25) is 9.59 Å². The summed E-state index contributed by atoms with van der Waals surface area (Å²) in [5.41, 5.74) is 4.30. The van der Waals surface area contributed by atoms with E-state index < -0.39 is 0 Å². The molecule has 7 nitrogen and oxygen atoms in total. The van der Waals surface area contributed by atoms with E-state index in [2.05, 4.69) is 10.4 Å². The van der Waals surface area contributed by atoms with Crippen molar-refractivity contribution in [3.63, 3.8) is 0 Å². The number of rotatable bonds is 9. The molecule has 2 aromatic carbocycles. The Morgan fingerprint density at radius 3 is 2.42 bits per heavy atom.